The molecule has 0 spiro atoms. The molecule has 112 valence electrons. The van der Waals surface area contributed by atoms with Crippen molar-refractivity contribution in [3.63, 3.8) is 0 Å². The lowest BCUT2D eigenvalue weighted by atomic mass is 10.0. The molecule has 2 rings (SSSR count). The molecule has 7 nitrogen and oxygen atoms in total. The Balaban J connectivity index is 2.49. The van der Waals surface area contributed by atoms with E-state index in [4.69, 9.17) is 23.2 Å². The molecule has 0 aliphatic carbocycles. The van der Waals surface area contributed by atoms with Crippen LogP contribution in [0.1, 0.15) is 15.9 Å². The number of nitro benzene ring substituents is 2. The van der Waals surface area contributed by atoms with Crippen LogP contribution in [-0.4, -0.2) is 15.6 Å². The van der Waals surface area contributed by atoms with Gasteiger partial charge >= 0.3 is 0 Å². The number of benzene rings is 2. The quantitative estimate of drug-likeness (QED) is 0.474. The van der Waals surface area contributed by atoms with E-state index in [9.17, 15) is 25.0 Å². The number of nitrogens with zero attached hydrogens (tertiary/aromatic N) is 2. The van der Waals surface area contributed by atoms with Gasteiger partial charge in [-0.1, -0.05) is 23.2 Å². The summed E-state index contributed by atoms with van der Waals surface area (Å²) in [6.07, 6.45) is 0. The third kappa shape index (κ3) is 3.05. The fraction of sp³-hybridized carbons (Fsp3) is 0. The predicted molar refractivity (Wildman–Crippen MR) is 79.6 cm³/mol. The van der Waals surface area contributed by atoms with Crippen LogP contribution in [0.15, 0.2) is 36.4 Å². The Morgan fingerprint density at radius 3 is 1.50 bits per heavy atom. The molecule has 0 saturated heterocycles. The average Bonchev–Trinajstić information content (AvgIpc) is 2.47. The van der Waals surface area contributed by atoms with Crippen LogP contribution in [0.2, 0.25) is 10.0 Å². The average molecular weight is 341 g/mol. The van der Waals surface area contributed by atoms with Gasteiger partial charge in [-0.25, -0.2) is 0 Å². The van der Waals surface area contributed by atoms with Gasteiger partial charge in [-0.05, 0) is 24.3 Å². The van der Waals surface area contributed by atoms with Crippen LogP contribution in [0, 0.1) is 20.2 Å². The summed E-state index contributed by atoms with van der Waals surface area (Å²) >= 11 is 11.3. The maximum atomic E-state index is 12.3. The van der Waals surface area contributed by atoms with Crippen molar-refractivity contribution < 1.29 is 14.6 Å². The van der Waals surface area contributed by atoms with Gasteiger partial charge in [0.2, 0.25) is 0 Å². The highest BCUT2D eigenvalue weighted by atomic mass is 35.5. The van der Waals surface area contributed by atoms with Gasteiger partial charge in [0.15, 0.2) is 5.78 Å². The lowest BCUT2D eigenvalue weighted by Crippen LogP contribution is -2.03. The lowest BCUT2D eigenvalue weighted by Gasteiger charge is -2.03. The molecule has 0 aliphatic heterocycles. The van der Waals surface area contributed by atoms with E-state index in [1.807, 2.05) is 0 Å². The first-order chi connectivity index (χ1) is 10.3. The van der Waals surface area contributed by atoms with Crippen molar-refractivity contribution in [1.29, 1.82) is 0 Å². The third-order valence-electron chi connectivity index (χ3n) is 2.81. The number of nitro groups is 2. The Morgan fingerprint density at radius 1 is 0.818 bits per heavy atom. The molecule has 22 heavy (non-hydrogen) atoms. The molecule has 0 radical (unpaired) electrons. The number of ketones is 1. The molecule has 0 fully saturated rings. The van der Waals surface area contributed by atoms with Crippen molar-refractivity contribution in [2.45, 2.75) is 0 Å². The minimum atomic E-state index is -0.719. The molecule has 9 heteroatoms. The molecule has 0 amide bonds. The molecule has 0 aromatic heterocycles. The molecule has 0 aliphatic rings. The zero-order chi connectivity index (χ0) is 16.4. The van der Waals surface area contributed by atoms with Crippen molar-refractivity contribution in [1.82, 2.24) is 0 Å². The van der Waals surface area contributed by atoms with Gasteiger partial charge in [0.05, 0.1) is 9.85 Å². The Hall–Kier alpha value is -2.51. The van der Waals surface area contributed by atoms with Crippen LogP contribution in [0.3, 0.4) is 0 Å². The van der Waals surface area contributed by atoms with Gasteiger partial charge in [-0.3, -0.25) is 25.0 Å². The van der Waals surface area contributed by atoms with E-state index in [-0.39, 0.29) is 21.2 Å². The van der Waals surface area contributed by atoms with E-state index in [0.29, 0.717) is 0 Å². The lowest BCUT2D eigenvalue weighted by molar-refractivity contribution is -0.384. The van der Waals surface area contributed by atoms with Crippen molar-refractivity contribution in [2.75, 3.05) is 0 Å². The Labute approximate surface area is 133 Å². The summed E-state index contributed by atoms with van der Waals surface area (Å²) in [6, 6.07) is 7.08. The Bertz CT molecular complexity index is 742. The van der Waals surface area contributed by atoms with Crippen LogP contribution in [0.4, 0.5) is 11.4 Å². The minimum absolute atomic E-state index is 0.00674. The zero-order valence-electron chi connectivity index (χ0n) is 10.7. The van der Waals surface area contributed by atoms with Gasteiger partial charge in [-0.15, -0.1) is 0 Å². The number of hydrogen-bond acceptors (Lipinski definition) is 5. The van der Waals surface area contributed by atoms with Crippen LogP contribution in [-0.2, 0) is 0 Å². The normalized spacial score (nSPS) is 10.3. The van der Waals surface area contributed by atoms with Crippen molar-refractivity contribution in [2.24, 2.45) is 0 Å². The van der Waals surface area contributed by atoms with Gasteiger partial charge in [0.25, 0.3) is 11.4 Å². The van der Waals surface area contributed by atoms with E-state index in [1.54, 1.807) is 0 Å². The third-order valence-corrected chi connectivity index (χ3v) is 3.45. The summed E-state index contributed by atoms with van der Waals surface area (Å²) in [5.41, 5.74) is -0.854. The number of rotatable bonds is 4. The van der Waals surface area contributed by atoms with Crippen molar-refractivity contribution >= 4 is 40.4 Å². The highest BCUT2D eigenvalue weighted by molar-refractivity contribution is 6.33. The first-order valence-electron chi connectivity index (χ1n) is 5.74. The first-order valence-corrected chi connectivity index (χ1v) is 6.49. The second kappa shape index (κ2) is 6.08. The SMILES string of the molecule is O=C(c1ccc(Cl)c([N+](=O)[O-])c1)c1ccc(Cl)c([N+](=O)[O-])c1. The van der Waals surface area contributed by atoms with Crippen LogP contribution < -0.4 is 0 Å². The van der Waals surface area contributed by atoms with E-state index in [0.717, 1.165) is 12.1 Å². The summed E-state index contributed by atoms with van der Waals surface area (Å²) in [7, 11) is 0. The van der Waals surface area contributed by atoms with Gasteiger partial charge < -0.3 is 0 Å². The molecule has 0 atom stereocenters. The Morgan fingerprint density at radius 2 is 1.18 bits per heavy atom. The standard InChI is InChI=1S/C13H6Cl2N2O5/c14-9-3-1-7(5-11(9)16(19)20)13(18)8-2-4-10(15)12(6-8)17(21)22/h1-6H. The summed E-state index contributed by atoms with van der Waals surface area (Å²) in [5.74, 6) is -0.612. The second-order valence-electron chi connectivity index (χ2n) is 4.18. The van der Waals surface area contributed by atoms with E-state index in [2.05, 4.69) is 0 Å². The first kappa shape index (κ1) is 15.9. The second-order valence-corrected chi connectivity index (χ2v) is 4.99. The summed E-state index contributed by atoms with van der Waals surface area (Å²) in [5, 5.41) is 21.4. The van der Waals surface area contributed by atoms with Gasteiger partial charge in [0, 0.05) is 23.3 Å². The fourth-order valence-corrected chi connectivity index (χ4v) is 2.13. The maximum Gasteiger partial charge on any atom is 0.288 e. The van der Waals surface area contributed by atoms with E-state index >= 15 is 0 Å². The summed E-state index contributed by atoms with van der Waals surface area (Å²) in [4.78, 5) is 32.5. The molecule has 0 N–H and O–H groups in total. The van der Waals surface area contributed by atoms with Gasteiger partial charge in [-0.2, -0.15) is 0 Å². The minimum Gasteiger partial charge on any atom is -0.289 e. The number of halogens is 2. The number of carbonyl (C=O) groups excluding carboxylic acids is 1. The molecular weight excluding hydrogens is 335 g/mol. The molecular formula is C13H6Cl2N2O5. The monoisotopic (exact) mass is 340 g/mol. The molecule has 0 unspecified atom stereocenters. The summed E-state index contributed by atoms with van der Waals surface area (Å²) < 4.78 is 0. The molecule has 0 saturated carbocycles. The number of carbonyl (C=O) groups is 1. The fourth-order valence-electron chi connectivity index (χ4n) is 1.75. The largest absolute Gasteiger partial charge is 0.289 e. The Kier molecular flexibility index (Phi) is 4.39. The zero-order valence-corrected chi connectivity index (χ0v) is 12.2. The highest BCUT2D eigenvalue weighted by Gasteiger charge is 2.20. The summed E-state index contributed by atoms with van der Waals surface area (Å²) in [6.45, 7) is 0. The highest BCUT2D eigenvalue weighted by Crippen LogP contribution is 2.29. The van der Waals surface area contributed by atoms with Crippen LogP contribution >= 0.6 is 23.2 Å². The number of hydrogen-bond donors (Lipinski definition) is 0. The predicted octanol–water partition coefficient (Wildman–Crippen LogP) is 4.04. The van der Waals surface area contributed by atoms with Gasteiger partial charge in [0.1, 0.15) is 10.0 Å². The smallest absolute Gasteiger partial charge is 0.288 e. The molecule has 0 heterocycles. The topological polar surface area (TPSA) is 103 Å². The van der Waals surface area contributed by atoms with Crippen molar-refractivity contribution in [3.05, 3.63) is 77.8 Å². The van der Waals surface area contributed by atoms with Crippen LogP contribution in [0.5, 0.6) is 0 Å². The maximum absolute atomic E-state index is 12.3. The molecule has 2 aromatic carbocycles. The van der Waals surface area contributed by atoms with E-state index < -0.39 is 27.0 Å². The molecule has 0 bridgehead atoms. The van der Waals surface area contributed by atoms with Crippen LogP contribution in [0.25, 0.3) is 0 Å². The van der Waals surface area contributed by atoms with E-state index in [1.165, 1.54) is 24.3 Å². The van der Waals surface area contributed by atoms with Crippen molar-refractivity contribution in [3.8, 4) is 0 Å². The molecule has 2 aromatic rings.